The summed E-state index contributed by atoms with van der Waals surface area (Å²) in [6.45, 7) is 3.79. The highest BCUT2D eigenvalue weighted by Gasteiger charge is 2.40. The van der Waals surface area contributed by atoms with Crippen molar-refractivity contribution in [1.82, 2.24) is 0 Å². The summed E-state index contributed by atoms with van der Waals surface area (Å²) in [6.07, 6.45) is 0. The Labute approximate surface area is 178 Å². The molecule has 1 aliphatic rings. The van der Waals surface area contributed by atoms with Gasteiger partial charge in [0.05, 0.1) is 11.3 Å². The van der Waals surface area contributed by atoms with Crippen molar-refractivity contribution in [1.29, 1.82) is 0 Å². The highest BCUT2D eigenvalue weighted by molar-refractivity contribution is 6.46. The first-order valence-electron chi connectivity index (χ1n) is 9.34. The molecule has 3 aromatic rings. The average Bonchev–Trinajstić information content (AvgIpc) is 2.96. The fourth-order valence-corrected chi connectivity index (χ4v) is 3.44. The first-order valence-corrected chi connectivity index (χ1v) is 9.72. The molecule has 3 aromatic carbocycles. The van der Waals surface area contributed by atoms with Crippen molar-refractivity contribution in [3.8, 4) is 0 Å². The third kappa shape index (κ3) is 3.60. The fourth-order valence-electron chi connectivity index (χ4n) is 3.27. The number of carbonyl (C=O) groups excluding carboxylic acids is 2. The van der Waals surface area contributed by atoms with Crippen LogP contribution >= 0.6 is 11.6 Å². The summed E-state index contributed by atoms with van der Waals surface area (Å²) in [5.41, 5.74) is 3.77. The molecular formula is C24H18ClFN2O2. The van der Waals surface area contributed by atoms with E-state index in [9.17, 15) is 14.0 Å². The SMILES string of the molecule is Cc1ccc(C2=C(Nc3ccc(F)cc3)C(=O)N(c3ccc(C)c(Cl)c3)C2=O)cc1. The lowest BCUT2D eigenvalue weighted by Gasteiger charge is -2.16. The van der Waals surface area contributed by atoms with Gasteiger partial charge in [-0.2, -0.15) is 0 Å². The van der Waals surface area contributed by atoms with E-state index in [0.29, 0.717) is 22.0 Å². The van der Waals surface area contributed by atoms with Crippen molar-refractivity contribution in [2.45, 2.75) is 13.8 Å². The molecule has 0 saturated carbocycles. The van der Waals surface area contributed by atoms with E-state index in [0.717, 1.165) is 16.0 Å². The van der Waals surface area contributed by atoms with Gasteiger partial charge < -0.3 is 5.32 Å². The minimum atomic E-state index is -0.500. The van der Waals surface area contributed by atoms with Crippen LogP contribution in [0.1, 0.15) is 16.7 Å². The van der Waals surface area contributed by atoms with Crippen molar-refractivity contribution in [3.05, 3.63) is 100.0 Å². The summed E-state index contributed by atoms with van der Waals surface area (Å²) in [5, 5.41) is 3.47. The van der Waals surface area contributed by atoms with Gasteiger partial charge in [0.25, 0.3) is 11.8 Å². The monoisotopic (exact) mass is 420 g/mol. The van der Waals surface area contributed by atoms with Gasteiger partial charge in [-0.25, -0.2) is 9.29 Å². The van der Waals surface area contributed by atoms with E-state index < -0.39 is 17.6 Å². The number of amides is 2. The quantitative estimate of drug-likeness (QED) is 0.567. The number of hydrogen-bond acceptors (Lipinski definition) is 3. The molecule has 0 unspecified atom stereocenters. The molecule has 30 heavy (non-hydrogen) atoms. The zero-order chi connectivity index (χ0) is 21.4. The van der Waals surface area contributed by atoms with Crippen molar-refractivity contribution in [3.63, 3.8) is 0 Å². The number of carbonyl (C=O) groups is 2. The number of nitrogens with zero attached hydrogens (tertiary/aromatic N) is 1. The van der Waals surface area contributed by atoms with Crippen LogP contribution in [0.25, 0.3) is 5.57 Å². The van der Waals surface area contributed by atoms with Gasteiger partial charge in [0, 0.05) is 10.7 Å². The minimum Gasteiger partial charge on any atom is -0.350 e. The molecule has 0 saturated heterocycles. The Bertz CT molecular complexity index is 1180. The number of anilines is 2. The van der Waals surface area contributed by atoms with Gasteiger partial charge in [0.15, 0.2) is 0 Å². The van der Waals surface area contributed by atoms with E-state index in [1.807, 2.05) is 26.0 Å². The van der Waals surface area contributed by atoms with Crippen LogP contribution in [0.2, 0.25) is 5.02 Å². The molecule has 1 N–H and O–H groups in total. The average molecular weight is 421 g/mol. The van der Waals surface area contributed by atoms with E-state index in [4.69, 9.17) is 11.6 Å². The molecule has 4 rings (SSSR count). The van der Waals surface area contributed by atoms with E-state index in [-0.39, 0.29) is 11.3 Å². The van der Waals surface area contributed by atoms with Crippen LogP contribution in [0, 0.1) is 19.7 Å². The van der Waals surface area contributed by atoms with Gasteiger partial charge in [-0.3, -0.25) is 9.59 Å². The van der Waals surface area contributed by atoms with Gasteiger partial charge in [-0.05, 0) is 61.4 Å². The molecule has 0 atom stereocenters. The third-order valence-corrected chi connectivity index (χ3v) is 5.36. The number of halogens is 2. The summed E-state index contributed by atoms with van der Waals surface area (Å²) in [5.74, 6) is -1.34. The maximum atomic E-state index is 13.4. The maximum Gasteiger partial charge on any atom is 0.282 e. The van der Waals surface area contributed by atoms with Crippen LogP contribution < -0.4 is 10.2 Å². The summed E-state index contributed by atoms with van der Waals surface area (Å²) >= 11 is 6.23. The van der Waals surface area contributed by atoms with E-state index >= 15 is 0 Å². The van der Waals surface area contributed by atoms with Crippen LogP contribution in [-0.2, 0) is 9.59 Å². The Balaban J connectivity index is 1.82. The summed E-state index contributed by atoms with van der Waals surface area (Å²) in [6, 6.07) is 18.0. The van der Waals surface area contributed by atoms with Gasteiger partial charge >= 0.3 is 0 Å². The highest BCUT2D eigenvalue weighted by atomic mass is 35.5. The Kier molecular flexibility index (Phi) is 5.14. The molecule has 0 fully saturated rings. The summed E-state index contributed by atoms with van der Waals surface area (Å²) < 4.78 is 13.3. The Morgan fingerprint density at radius 3 is 2.17 bits per heavy atom. The van der Waals surface area contributed by atoms with Gasteiger partial charge in [0.1, 0.15) is 11.5 Å². The van der Waals surface area contributed by atoms with Crippen molar-refractivity contribution >= 4 is 40.4 Å². The number of rotatable bonds is 4. The molecule has 0 bridgehead atoms. The molecule has 2 amide bonds. The number of imide groups is 1. The standard InChI is InChI=1S/C24H18ClFN2O2/c1-14-3-6-16(7-4-14)21-22(27-18-10-8-17(26)9-11-18)24(30)28(23(21)29)19-12-5-15(2)20(25)13-19/h3-13,27H,1-2H3. The van der Waals surface area contributed by atoms with Crippen LogP contribution in [0.3, 0.4) is 0 Å². The van der Waals surface area contributed by atoms with Crippen LogP contribution in [0.5, 0.6) is 0 Å². The van der Waals surface area contributed by atoms with Crippen molar-refractivity contribution in [2.24, 2.45) is 0 Å². The molecule has 4 nitrogen and oxygen atoms in total. The third-order valence-electron chi connectivity index (χ3n) is 4.95. The lowest BCUT2D eigenvalue weighted by Crippen LogP contribution is -2.32. The predicted octanol–water partition coefficient (Wildman–Crippen LogP) is 5.49. The number of nitrogens with one attached hydrogen (secondary N) is 1. The topological polar surface area (TPSA) is 49.4 Å². The molecule has 0 aliphatic carbocycles. The van der Waals surface area contributed by atoms with E-state index in [1.165, 1.54) is 24.3 Å². The first-order chi connectivity index (χ1) is 14.3. The predicted molar refractivity (Wildman–Crippen MR) is 117 cm³/mol. The molecule has 0 spiro atoms. The second kappa shape index (κ2) is 7.76. The lowest BCUT2D eigenvalue weighted by molar-refractivity contribution is -0.120. The lowest BCUT2D eigenvalue weighted by atomic mass is 10.0. The van der Waals surface area contributed by atoms with E-state index in [2.05, 4.69) is 5.32 Å². The maximum absolute atomic E-state index is 13.4. The van der Waals surface area contributed by atoms with Gasteiger partial charge in [0.2, 0.25) is 0 Å². The first kappa shape index (κ1) is 19.9. The molecule has 0 aromatic heterocycles. The van der Waals surface area contributed by atoms with Crippen LogP contribution in [0.4, 0.5) is 15.8 Å². The Hall–Kier alpha value is -3.44. The van der Waals surface area contributed by atoms with Crippen LogP contribution in [-0.4, -0.2) is 11.8 Å². The fraction of sp³-hybridized carbons (Fsp3) is 0.0833. The van der Waals surface area contributed by atoms with Gasteiger partial charge in [-0.1, -0.05) is 47.5 Å². The zero-order valence-corrected chi connectivity index (χ0v) is 17.1. The zero-order valence-electron chi connectivity index (χ0n) is 16.4. The smallest absolute Gasteiger partial charge is 0.282 e. The van der Waals surface area contributed by atoms with Crippen molar-refractivity contribution in [2.75, 3.05) is 10.2 Å². The minimum absolute atomic E-state index is 0.132. The number of hydrogen-bond donors (Lipinski definition) is 1. The second-order valence-electron chi connectivity index (χ2n) is 7.13. The summed E-state index contributed by atoms with van der Waals surface area (Å²) in [4.78, 5) is 27.8. The second-order valence-corrected chi connectivity index (χ2v) is 7.53. The van der Waals surface area contributed by atoms with E-state index in [1.54, 1.807) is 30.3 Å². The number of benzene rings is 3. The molecule has 6 heteroatoms. The Morgan fingerprint density at radius 1 is 0.867 bits per heavy atom. The summed E-state index contributed by atoms with van der Waals surface area (Å²) in [7, 11) is 0. The molecule has 150 valence electrons. The normalized spacial score (nSPS) is 13.9. The molecular weight excluding hydrogens is 403 g/mol. The molecule has 1 aliphatic heterocycles. The Morgan fingerprint density at radius 2 is 1.53 bits per heavy atom. The molecule has 1 heterocycles. The largest absolute Gasteiger partial charge is 0.350 e. The van der Waals surface area contributed by atoms with Crippen molar-refractivity contribution < 1.29 is 14.0 Å². The van der Waals surface area contributed by atoms with Gasteiger partial charge in [-0.15, -0.1) is 0 Å². The van der Waals surface area contributed by atoms with Crippen LogP contribution in [0.15, 0.2) is 72.4 Å². The number of aryl methyl sites for hydroxylation is 2. The highest BCUT2D eigenvalue weighted by Crippen LogP contribution is 2.35. The molecule has 0 radical (unpaired) electrons.